The topological polar surface area (TPSA) is 53.5 Å². The van der Waals surface area contributed by atoms with Crippen LogP contribution in [-0.4, -0.2) is 11.1 Å². The van der Waals surface area contributed by atoms with Gasteiger partial charge in [0, 0.05) is 17.1 Å². The number of nitrogens with zero attached hydrogens (tertiary/aromatic N) is 1. The number of allylic oxidation sites excluding steroid dienone is 1. The Hall–Kier alpha value is -3.38. The van der Waals surface area contributed by atoms with Gasteiger partial charge in [0.25, 0.3) is 5.91 Å². The molecule has 1 heterocycles. The van der Waals surface area contributed by atoms with Gasteiger partial charge in [0.05, 0.1) is 5.57 Å². The fourth-order valence-electron chi connectivity index (χ4n) is 3.39. The number of aliphatic imine (C=N–C) groups is 1. The molecule has 0 aliphatic carbocycles. The molecule has 3 aromatic carbocycles. The summed E-state index contributed by atoms with van der Waals surface area (Å²) in [4.78, 5) is 18.0. The third-order valence-corrected chi connectivity index (χ3v) is 5.83. The number of rotatable bonds is 5. The molecule has 3 aromatic rings. The van der Waals surface area contributed by atoms with Crippen LogP contribution >= 0.6 is 11.8 Å². The minimum absolute atomic E-state index is 0.192. The number of nitrogens with one attached hydrogen (secondary N) is 2. The Morgan fingerprint density at radius 3 is 2.45 bits per heavy atom. The maximum absolute atomic E-state index is 13.5. The molecule has 6 heteroatoms. The standard InChI is InChI=1S/C25H22FN3OS/c1-17-22(24(30)28-21-13-6-3-7-14-21)23(19-10-4-2-5-11-19)29-25(27-17)31-16-18-9-8-12-20(26)15-18/h2-15,23H,16H2,1H3,(H,27,29)(H,28,30)/t23-/m1/s1. The fourth-order valence-corrected chi connectivity index (χ4v) is 4.28. The van der Waals surface area contributed by atoms with Gasteiger partial charge in [-0.3, -0.25) is 4.79 Å². The van der Waals surface area contributed by atoms with Crippen molar-refractivity contribution in [3.8, 4) is 0 Å². The van der Waals surface area contributed by atoms with Crippen molar-refractivity contribution in [2.24, 2.45) is 4.99 Å². The van der Waals surface area contributed by atoms with E-state index in [4.69, 9.17) is 4.99 Å². The normalized spacial score (nSPS) is 15.8. The molecule has 0 bridgehead atoms. The first-order valence-corrected chi connectivity index (χ1v) is 10.9. The summed E-state index contributed by atoms with van der Waals surface area (Å²) in [7, 11) is 0. The highest BCUT2D eigenvalue weighted by molar-refractivity contribution is 8.13. The minimum atomic E-state index is -0.429. The van der Waals surface area contributed by atoms with Crippen molar-refractivity contribution in [2.45, 2.75) is 18.7 Å². The van der Waals surface area contributed by atoms with Crippen molar-refractivity contribution >= 4 is 28.5 Å². The first kappa shape index (κ1) is 20.9. The number of carbonyl (C=O) groups is 1. The number of thioether (sulfide) groups is 1. The lowest BCUT2D eigenvalue weighted by atomic mass is 9.96. The molecule has 0 unspecified atom stereocenters. The minimum Gasteiger partial charge on any atom is -0.338 e. The molecule has 0 aromatic heterocycles. The Labute approximate surface area is 185 Å². The van der Waals surface area contributed by atoms with Gasteiger partial charge >= 0.3 is 0 Å². The Balaban J connectivity index is 1.59. The van der Waals surface area contributed by atoms with Crippen LogP contribution in [0.5, 0.6) is 0 Å². The van der Waals surface area contributed by atoms with Crippen molar-refractivity contribution in [1.82, 2.24) is 5.32 Å². The zero-order valence-corrected chi connectivity index (χ0v) is 17.8. The van der Waals surface area contributed by atoms with Crippen LogP contribution in [0.1, 0.15) is 24.1 Å². The molecular formula is C25H22FN3OS. The number of hydrogen-bond donors (Lipinski definition) is 2. The number of halogens is 1. The predicted octanol–water partition coefficient (Wildman–Crippen LogP) is 5.67. The van der Waals surface area contributed by atoms with Crippen LogP contribution in [0, 0.1) is 5.82 Å². The molecule has 156 valence electrons. The SMILES string of the molecule is CC1=C(C(=O)Nc2ccccc2)[C@@H](c2ccccc2)N=C(SCc2cccc(F)c2)N1. The highest BCUT2D eigenvalue weighted by Gasteiger charge is 2.29. The molecule has 4 nitrogen and oxygen atoms in total. The largest absolute Gasteiger partial charge is 0.338 e. The Morgan fingerprint density at radius 2 is 1.74 bits per heavy atom. The molecule has 1 atom stereocenters. The lowest BCUT2D eigenvalue weighted by molar-refractivity contribution is -0.113. The van der Waals surface area contributed by atoms with Crippen LogP contribution in [-0.2, 0) is 10.5 Å². The van der Waals surface area contributed by atoms with E-state index in [0.29, 0.717) is 16.5 Å². The molecule has 2 N–H and O–H groups in total. The molecule has 1 aliphatic heterocycles. The van der Waals surface area contributed by atoms with Crippen LogP contribution in [0.2, 0.25) is 0 Å². The van der Waals surface area contributed by atoms with E-state index in [9.17, 15) is 9.18 Å². The molecule has 0 saturated carbocycles. The van der Waals surface area contributed by atoms with E-state index in [-0.39, 0.29) is 11.7 Å². The molecule has 4 rings (SSSR count). The monoisotopic (exact) mass is 431 g/mol. The van der Waals surface area contributed by atoms with E-state index in [1.54, 1.807) is 6.07 Å². The summed E-state index contributed by atoms with van der Waals surface area (Å²) in [5.41, 5.74) is 3.87. The summed E-state index contributed by atoms with van der Waals surface area (Å²) in [6.45, 7) is 1.88. The van der Waals surface area contributed by atoms with Crippen LogP contribution in [0.15, 0.2) is 101 Å². The number of carbonyl (C=O) groups excluding carboxylic acids is 1. The molecule has 0 saturated heterocycles. The average Bonchev–Trinajstić information content (AvgIpc) is 2.78. The lowest BCUT2D eigenvalue weighted by Crippen LogP contribution is -2.32. The molecule has 0 spiro atoms. The summed E-state index contributed by atoms with van der Waals surface area (Å²) in [5, 5.41) is 6.92. The van der Waals surface area contributed by atoms with Gasteiger partial charge in [0.2, 0.25) is 0 Å². The highest BCUT2D eigenvalue weighted by Crippen LogP contribution is 2.33. The van der Waals surface area contributed by atoms with E-state index >= 15 is 0 Å². The molecule has 1 aliphatic rings. The van der Waals surface area contributed by atoms with Crippen molar-refractivity contribution in [3.05, 3.63) is 113 Å². The third kappa shape index (κ3) is 5.22. The van der Waals surface area contributed by atoms with Crippen LogP contribution in [0.4, 0.5) is 10.1 Å². The van der Waals surface area contributed by atoms with E-state index in [1.807, 2.05) is 73.7 Å². The summed E-state index contributed by atoms with van der Waals surface area (Å²) >= 11 is 1.49. The third-order valence-electron chi connectivity index (χ3n) is 4.87. The van der Waals surface area contributed by atoms with Crippen LogP contribution in [0.25, 0.3) is 0 Å². The zero-order valence-electron chi connectivity index (χ0n) is 17.0. The van der Waals surface area contributed by atoms with Crippen molar-refractivity contribution < 1.29 is 9.18 Å². The second-order valence-electron chi connectivity index (χ2n) is 7.15. The molecular weight excluding hydrogens is 409 g/mol. The number of anilines is 1. The van der Waals surface area contributed by atoms with Gasteiger partial charge in [-0.1, -0.05) is 72.4 Å². The smallest absolute Gasteiger partial charge is 0.255 e. The van der Waals surface area contributed by atoms with Gasteiger partial charge < -0.3 is 10.6 Å². The van der Waals surface area contributed by atoms with Crippen LogP contribution < -0.4 is 10.6 Å². The van der Waals surface area contributed by atoms with Gasteiger partial charge in [-0.05, 0) is 42.3 Å². The number of hydrogen-bond acceptors (Lipinski definition) is 4. The number of benzene rings is 3. The molecule has 31 heavy (non-hydrogen) atoms. The summed E-state index contributed by atoms with van der Waals surface area (Å²) in [6.07, 6.45) is 0. The second kappa shape index (κ2) is 9.62. The summed E-state index contributed by atoms with van der Waals surface area (Å²) in [6, 6.07) is 25.2. The van der Waals surface area contributed by atoms with Gasteiger partial charge in [-0.25, -0.2) is 9.38 Å². The molecule has 0 radical (unpaired) electrons. The highest BCUT2D eigenvalue weighted by atomic mass is 32.2. The van der Waals surface area contributed by atoms with Crippen molar-refractivity contribution in [2.75, 3.05) is 5.32 Å². The van der Waals surface area contributed by atoms with Gasteiger partial charge in [-0.15, -0.1) is 0 Å². The first-order chi connectivity index (χ1) is 15.1. The molecule has 0 fully saturated rings. The first-order valence-electron chi connectivity index (χ1n) is 9.94. The summed E-state index contributed by atoms with van der Waals surface area (Å²) < 4.78 is 13.5. The van der Waals surface area contributed by atoms with E-state index in [0.717, 1.165) is 22.5 Å². The van der Waals surface area contributed by atoms with E-state index < -0.39 is 6.04 Å². The quantitative estimate of drug-likeness (QED) is 0.547. The average molecular weight is 432 g/mol. The maximum atomic E-state index is 13.5. The van der Waals surface area contributed by atoms with Gasteiger partial charge in [0.1, 0.15) is 11.9 Å². The lowest BCUT2D eigenvalue weighted by Gasteiger charge is -2.26. The van der Waals surface area contributed by atoms with E-state index in [2.05, 4.69) is 10.6 Å². The Bertz CT molecular complexity index is 1130. The Morgan fingerprint density at radius 1 is 1.03 bits per heavy atom. The second-order valence-corrected chi connectivity index (χ2v) is 8.11. The van der Waals surface area contributed by atoms with E-state index in [1.165, 1.54) is 23.9 Å². The molecule has 1 amide bonds. The summed E-state index contributed by atoms with van der Waals surface area (Å²) in [5.74, 6) is 0.127. The number of para-hydroxylation sites is 1. The fraction of sp³-hybridized carbons (Fsp3) is 0.120. The zero-order chi connectivity index (χ0) is 21.6. The Kier molecular flexibility index (Phi) is 6.48. The number of amides is 1. The van der Waals surface area contributed by atoms with Gasteiger partial charge in [-0.2, -0.15) is 0 Å². The number of amidine groups is 1. The van der Waals surface area contributed by atoms with Crippen LogP contribution in [0.3, 0.4) is 0 Å². The maximum Gasteiger partial charge on any atom is 0.255 e. The predicted molar refractivity (Wildman–Crippen MR) is 125 cm³/mol. The van der Waals surface area contributed by atoms with Crippen molar-refractivity contribution in [3.63, 3.8) is 0 Å². The van der Waals surface area contributed by atoms with Crippen molar-refractivity contribution in [1.29, 1.82) is 0 Å². The van der Waals surface area contributed by atoms with Gasteiger partial charge in [0.15, 0.2) is 5.17 Å².